The molecule has 8 nitrogen and oxygen atoms in total. The minimum atomic E-state index is -0.531. The van der Waals surface area contributed by atoms with E-state index < -0.39 is 5.54 Å². The van der Waals surface area contributed by atoms with Gasteiger partial charge in [-0.3, -0.25) is 4.98 Å². The highest BCUT2D eigenvalue weighted by atomic mass is 35.5. The van der Waals surface area contributed by atoms with Crippen molar-refractivity contribution < 1.29 is 0 Å². The van der Waals surface area contributed by atoms with Crippen LogP contribution in [-0.2, 0) is 12.1 Å². The summed E-state index contributed by atoms with van der Waals surface area (Å²) >= 11 is 6.27. The van der Waals surface area contributed by atoms with Crippen LogP contribution < -0.4 is 16.4 Å². The van der Waals surface area contributed by atoms with Crippen LogP contribution in [0.5, 0.6) is 0 Å². The maximum absolute atomic E-state index is 6.27. The molecule has 0 amide bonds. The normalized spacial score (nSPS) is 11.3. The molecule has 3 heterocycles. The number of hydrogen-bond donors (Lipinski definition) is 3. The van der Waals surface area contributed by atoms with E-state index in [0.717, 1.165) is 29.1 Å². The molecule has 0 atom stereocenters. The lowest BCUT2D eigenvalue weighted by molar-refractivity contribution is 0.580. The number of hydrogen-bond acceptors (Lipinski definition) is 7. The number of anilines is 1. The number of nitrogens with zero attached hydrogens (tertiary/aromatic N) is 5. The Bertz CT molecular complexity index is 965. The Morgan fingerprint density at radius 3 is 2.69 bits per heavy atom. The van der Waals surface area contributed by atoms with Gasteiger partial charge in [0.2, 0.25) is 5.95 Å². The third-order valence-corrected chi connectivity index (χ3v) is 4.61. The number of pyridine rings is 1. The highest BCUT2D eigenvalue weighted by molar-refractivity contribution is 6.31. The Morgan fingerprint density at radius 2 is 2.00 bits per heavy atom. The SMILES string of the molecule is C=C(CCN)NCc1cnn(-c2cnc(NC(C)(C)c3ncccc3Cl)nc2)c1. The molecule has 3 aromatic heterocycles. The summed E-state index contributed by atoms with van der Waals surface area (Å²) < 4.78 is 1.73. The highest BCUT2D eigenvalue weighted by Gasteiger charge is 2.25. The van der Waals surface area contributed by atoms with Crippen molar-refractivity contribution in [3.63, 3.8) is 0 Å². The molecule has 29 heavy (non-hydrogen) atoms. The van der Waals surface area contributed by atoms with Crippen LogP contribution in [0.3, 0.4) is 0 Å². The van der Waals surface area contributed by atoms with Crippen LogP contribution in [-0.4, -0.2) is 31.3 Å². The van der Waals surface area contributed by atoms with Gasteiger partial charge in [-0.05, 0) is 38.9 Å². The van der Waals surface area contributed by atoms with E-state index in [1.807, 2.05) is 26.1 Å². The summed E-state index contributed by atoms with van der Waals surface area (Å²) in [5.41, 5.74) is 8.42. The molecule has 3 rings (SSSR count). The molecule has 0 spiro atoms. The topological polar surface area (TPSA) is 107 Å². The minimum absolute atomic E-state index is 0.479. The maximum Gasteiger partial charge on any atom is 0.223 e. The summed E-state index contributed by atoms with van der Waals surface area (Å²) in [5, 5.41) is 11.5. The van der Waals surface area contributed by atoms with E-state index in [-0.39, 0.29) is 0 Å². The molecule has 0 saturated heterocycles. The predicted octanol–water partition coefficient (Wildman–Crippen LogP) is 3.01. The molecule has 4 N–H and O–H groups in total. The number of aromatic nitrogens is 5. The second-order valence-corrected chi connectivity index (χ2v) is 7.54. The maximum atomic E-state index is 6.27. The van der Waals surface area contributed by atoms with Gasteiger partial charge in [0.05, 0.1) is 34.8 Å². The van der Waals surface area contributed by atoms with E-state index >= 15 is 0 Å². The van der Waals surface area contributed by atoms with Crippen LogP contribution in [0.1, 0.15) is 31.5 Å². The van der Waals surface area contributed by atoms with Crippen molar-refractivity contribution in [2.24, 2.45) is 5.73 Å². The molecule has 152 valence electrons. The predicted molar refractivity (Wildman–Crippen MR) is 115 cm³/mol. The summed E-state index contributed by atoms with van der Waals surface area (Å²) in [4.78, 5) is 13.2. The smallest absolute Gasteiger partial charge is 0.223 e. The van der Waals surface area contributed by atoms with Crippen molar-refractivity contribution >= 4 is 17.5 Å². The van der Waals surface area contributed by atoms with Crippen molar-refractivity contribution in [3.8, 4) is 5.69 Å². The van der Waals surface area contributed by atoms with Crippen molar-refractivity contribution in [1.29, 1.82) is 0 Å². The lowest BCUT2D eigenvalue weighted by Crippen LogP contribution is -2.30. The third-order valence-electron chi connectivity index (χ3n) is 4.30. The molecule has 9 heteroatoms. The Hall–Kier alpha value is -2.97. The largest absolute Gasteiger partial charge is 0.385 e. The van der Waals surface area contributed by atoms with Gasteiger partial charge in [0.1, 0.15) is 5.69 Å². The van der Waals surface area contributed by atoms with E-state index in [2.05, 4.69) is 37.3 Å². The fourth-order valence-corrected chi connectivity index (χ4v) is 3.13. The molecule has 0 unspecified atom stereocenters. The molecule has 0 aliphatic heterocycles. The molecule has 0 aliphatic carbocycles. The molecule has 0 bridgehead atoms. The Morgan fingerprint density at radius 1 is 1.24 bits per heavy atom. The molecular formula is C20H25ClN8. The zero-order chi connectivity index (χ0) is 20.9. The van der Waals surface area contributed by atoms with Crippen molar-refractivity contribution in [2.45, 2.75) is 32.4 Å². The van der Waals surface area contributed by atoms with Gasteiger partial charge < -0.3 is 16.4 Å². The first-order valence-electron chi connectivity index (χ1n) is 9.26. The van der Waals surface area contributed by atoms with E-state index in [1.54, 1.807) is 35.5 Å². The zero-order valence-corrected chi connectivity index (χ0v) is 17.3. The number of nitrogens with one attached hydrogen (secondary N) is 2. The molecule has 0 aliphatic rings. The summed E-state index contributed by atoms with van der Waals surface area (Å²) in [6.45, 7) is 9.10. The zero-order valence-electron chi connectivity index (χ0n) is 16.6. The molecule has 0 aromatic carbocycles. The van der Waals surface area contributed by atoms with Crippen LogP contribution >= 0.6 is 11.6 Å². The van der Waals surface area contributed by atoms with Crippen LogP contribution in [0.4, 0.5) is 5.95 Å². The minimum Gasteiger partial charge on any atom is -0.385 e. The Balaban J connectivity index is 1.66. The van der Waals surface area contributed by atoms with E-state index in [0.29, 0.717) is 24.1 Å². The first kappa shape index (κ1) is 20.8. The van der Waals surface area contributed by atoms with E-state index in [4.69, 9.17) is 17.3 Å². The van der Waals surface area contributed by atoms with Crippen LogP contribution in [0.2, 0.25) is 5.02 Å². The van der Waals surface area contributed by atoms with E-state index in [1.165, 1.54) is 0 Å². The first-order chi connectivity index (χ1) is 13.9. The first-order valence-corrected chi connectivity index (χ1v) is 9.63. The van der Waals surface area contributed by atoms with Gasteiger partial charge >= 0.3 is 0 Å². The van der Waals surface area contributed by atoms with Gasteiger partial charge in [0, 0.05) is 30.2 Å². The summed E-state index contributed by atoms with van der Waals surface area (Å²) in [6.07, 6.45) is 9.60. The van der Waals surface area contributed by atoms with Crippen molar-refractivity contribution in [1.82, 2.24) is 30.0 Å². The second kappa shape index (κ2) is 9.02. The Kier molecular flexibility index (Phi) is 6.46. The standard InChI is InChI=1S/C20H25ClN8/c1-14(6-7-22)24-9-15-10-27-29(13-15)16-11-25-19(26-12-16)28-20(2,3)18-17(21)5-4-8-23-18/h4-5,8,10-13,24H,1,6-7,9,22H2,2-3H3,(H,25,26,28). The van der Waals surface area contributed by atoms with Gasteiger partial charge in [0.25, 0.3) is 0 Å². The molecule has 0 saturated carbocycles. The van der Waals surface area contributed by atoms with E-state index in [9.17, 15) is 0 Å². The summed E-state index contributed by atoms with van der Waals surface area (Å²) in [5.74, 6) is 0.479. The quantitative estimate of drug-likeness (QED) is 0.495. The van der Waals surface area contributed by atoms with Gasteiger partial charge in [-0.15, -0.1) is 0 Å². The van der Waals surface area contributed by atoms with Gasteiger partial charge in [-0.25, -0.2) is 14.6 Å². The Labute approximate surface area is 175 Å². The number of rotatable bonds is 9. The second-order valence-electron chi connectivity index (χ2n) is 7.14. The molecule has 3 aromatic rings. The summed E-state index contributed by atoms with van der Waals surface area (Å²) in [6, 6.07) is 3.61. The van der Waals surface area contributed by atoms with Gasteiger partial charge in [-0.2, -0.15) is 5.10 Å². The third kappa shape index (κ3) is 5.30. The molecule has 0 radical (unpaired) electrons. The van der Waals surface area contributed by atoms with Gasteiger partial charge in [0.15, 0.2) is 0 Å². The van der Waals surface area contributed by atoms with Crippen LogP contribution in [0.25, 0.3) is 5.69 Å². The molecule has 0 fully saturated rings. The monoisotopic (exact) mass is 412 g/mol. The van der Waals surface area contributed by atoms with Crippen LogP contribution in [0.15, 0.2) is 55.4 Å². The lowest BCUT2D eigenvalue weighted by Gasteiger charge is -2.26. The number of halogens is 1. The number of nitrogens with two attached hydrogens (primary N) is 1. The van der Waals surface area contributed by atoms with Crippen LogP contribution in [0, 0.1) is 0 Å². The fourth-order valence-electron chi connectivity index (χ4n) is 2.77. The average molecular weight is 413 g/mol. The van der Waals surface area contributed by atoms with Gasteiger partial charge in [-0.1, -0.05) is 18.2 Å². The van der Waals surface area contributed by atoms with Crippen molar-refractivity contribution in [2.75, 3.05) is 11.9 Å². The highest BCUT2D eigenvalue weighted by Crippen LogP contribution is 2.28. The molecular weight excluding hydrogens is 388 g/mol. The van der Waals surface area contributed by atoms with Crippen molar-refractivity contribution in [3.05, 3.63) is 71.7 Å². The summed E-state index contributed by atoms with van der Waals surface area (Å²) in [7, 11) is 0. The fraction of sp³-hybridized carbons (Fsp3) is 0.300. The lowest BCUT2D eigenvalue weighted by atomic mass is 10.00. The average Bonchev–Trinajstić information content (AvgIpc) is 3.16.